The van der Waals surface area contributed by atoms with Crippen molar-refractivity contribution in [2.45, 2.75) is 11.6 Å². The Kier molecular flexibility index (Phi) is 7.06. The number of thioether (sulfide) groups is 1. The zero-order valence-corrected chi connectivity index (χ0v) is 16.5. The first-order chi connectivity index (χ1) is 13.6. The van der Waals surface area contributed by atoms with Crippen molar-refractivity contribution in [3.63, 3.8) is 0 Å². The Morgan fingerprint density at radius 3 is 2.50 bits per heavy atom. The third kappa shape index (κ3) is 5.58. The number of anilines is 1. The number of carbonyl (C=O) groups excluding carboxylic acids is 2. The molecule has 5 nitrogen and oxygen atoms in total. The van der Waals surface area contributed by atoms with Crippen LogP contribution in [0.15, 0.2) is 78.0 Å². The topological polar surface area (TPSA) is 71.1 Å². The zero-order chi connectivity index (χ0) is 19.8. The van der Waals surface area contributed by atoms with Gasteiger partial charge in [-0.25, -0.2) is 4.98 Å². The van der Waals surface area contributed by atoms with E-state index in [9.17, 15) is 9.59 Å². The van der Waals surface area contributed by atoms with Crippen molar-refractivity contribution in [2.24, 2.45) is 0 Å². The normalized spacial score (nSPS) is 10.3. The average Bonchev–Trinajstić information content (AvgIpc) is 2.72. The van der Waals surface area contributed by atoms with Crippen LogP contribution in [0.2, 0.25) is 5.02 Å². The van der Waals surface area contributed by atoms with Crippen molar-refractivity contribution in [1.82, 2.24) is 10.3 Å². The molecule has 1 aromatic heterocycles. The van der Waals surface area contributed by atoms with Gasteiger partial charge in [-0.15, -0.1) is 0 Å². The largest absolute Gasteiger partial charge is 0.348 e. The van der Waals surface area contributed by atoms with E-state index in [4.69, 9.17) is 11.6 Å². The first-order valence-corrected chi connectivity index (χ1v) is 9.94. The number of pyridine rings is 1. The van der Waals surface area contributed by atoms with Gasteiger partial charge in [-0.1, -0.05) is 65.8 Å². The summed E-state index contributed by atoms with van der Waals surface area (Å²) in [5.74, 6) is -0.355. The van der Waals surface area contributed by atoms with E-state index in [1.165, 1.54) is 11.8 Å². The predicted molar refractivity (Wildman–Crippen MR) is 113 cm³/mol. The van der Waals surface area contributed by atoms with Crippen LogP contribution in [0.25, 0.3) is 0 Å². The summed E-state index contributed by atoms with van der Waals surface area (Å²) in [6.45, 7) is 0.413. The molecule has 0 radical (unpaired) electrons. The van der Waals surface area contributed by atoms with E-state index >= 15 is 0 Å². The van der Waals surface area contributed by atoms with Gasteiger partial charge in [0.1, 0.15) is 5.03 Å². The summed E-state index contributed by atoms with van der Waals surface area (Å²) < 4.78 is 0. The summed E-state index contributed by atoms with van der Waals surface area (Å²) in [7, 11) is 0. The van der Waals surface area contributed by atoms with E-state index < -0.39 is 0 Å². The van der Waals surface area contributed by atoms with Gasteiger partial charge >= 0.3 is 0 Å². The molecule has 3 rings (SSSR count). The molecule has 0 atom stereocenters. The van der Waals surface area contributed by atoms with Crippen LogP contribution in [-0.2, 0) is 11.3 Å². The van der Waals surface area contributed by atoms with Gasteiger partial charge < -0.3 is 10.6 Å². The van der Waals surface area contributed by atoms with E-state index in [1.807, 2.05) is 30.3 Å². The first-order valence-electron chi connectivity index (χ1n) is 8.58. The number of carbonyl (C=O) groups is 2. The summed E-state index contributed by atoms with van der Waals surface area (Å²) in [5.41, 5.74) is 1.87. The average molecular weight is 412 g/mol. The monoisotopic (exact) mass is 411 g/mol. The number of nitrogens with one attached hydrogen (secondary N) is 2. The second kappa shape index (κ2) is 9.92. The van der Waals surface area contributed by atoms with Gasteiger partial charge in [0.25, 0.3) is 5.91 Å². The molecule has 2 aromatic carbocycles. The number of para-hydroxylation sites is 1. The first kappa shape index (κ1) is 19.9. The van der Waals surface area contributed by atoms with Gasteiger partial charge in [0.05, 0.1) is 22.0 Å². The van der Waals surface area contributed by atoms with Gasteiger partial charge in [0, 0.05) is 12.7 Å². The Morgan fingerprint density at radius 1 is 0.964 bits per heavy atom. The Morgan fingerprint density at radius 2 is 1.71 bits per heavy atom. The quantitative estimate of drug-likeness (QED) is 0.565. The number of benzene rings is 2. The molecule has 7 heteroatoms. The van der Waals surface area contributed by atoms with Crippen LogP contribution in [0, 0.1) is 0 Å². The van der Waals surface area contributed by atoms with E-state index in [0.29, 0.717) is 27.8 Å². The molecular weight excluding hydrogens is 394 g/mol. The summed E-state index contributed by atoms with van der Waals surface area (Å²) in [4.78, 5) is 29.0. The molecule has 0 unspecified atom stereocenters. The second-order valence-corrected chi connectivity index (χ2v) is 7.21. The number of rotatable bonds is 7. The molecule has 28 heavy (non-hydrogen) atoms. The number of hydrogen-bond donors (Lipinski definition) is 2. The van der Waals surface area contributed by atoms with Crippen LogP contribution in [0.1, 0.15) is 15.9 Å². The van der Waals surface area contributed by atoms with Crippen molar-refractivity contribution < 1.29 is 9.59 Å². The van der Waals surface area contributed by atoms with Gasteiger partial charge in [-0.3, -0.25) is 9.59 Å². The van der Waals surface area contributed by atoms with Crippen molar-refractivity contribution in [2.75, 3.05) is 11.1 Å². The fraction of sp³-hybridized carbons (Fsp3) is 0.0952. The summed E-state index contributed by atoms with van der Waals surface area (Å²) in [5, 5.41) is 6.75. The lowest BCUT2D eigenvalue weighted by Crippen LogP contribution is -2.25. The van der Waals surface area contributed by atoms with Crippen LogP contribution in [0.5, 0.6) is 0 Å². The molecule has 0 aliphatic rings. The summed E-state index contributed by atoms with van der Waals surface area (Å²) in [6.07, 6.45) is 1.62. The molecule has 2 amide bonds. The third-order valence-corrected chi connectivity index (χ3v) is 5.23. The molecule has 0 saturated heterocycles. The van der Waals surface area contributed by atoms with Gasteiger partial charge in [-0.2, -0.15) is 0 Å². The fourth-order valence-corrected chi connectivity index (χ4v) is 3.43. The predicted octanol–water partition coefficient (Wildman–Crippen LogP) is 4.40. The lowest BCUT2D eigenvalue weighted by molar-refractivity contribution is -0.113. The Hall–Kier alpha value is -2.83. The molecule has 0 spiro atoms. The molecule has 2 N–H and O–H groups in total. The molecule has 0 aliphatic carbocycles. The minimum Gasteiger partial charge on any atom is -0.348 e. The molecule has 0 aliphatic heterocycles. The molecule has 1 heterocycles. The van der Waals surface area contributed by atoms with E-state index in [-0.39, 0.29) is 17.6 Å². The Labute approximate surface area is 172 Å². The van der Waals surface area contributed by atoms with Crippen LogP contribution >= 0.6 is 23.4 Å². The number of aromatic nitrogens is 1. The fourth-order valence-electron chi connectivity index (χ4n) is 2.46. The molecule has 142 valence electrons. The number of halogens is 1. The smallest absolute Gasteiger partial charge is 0.253 e. The summed E-state index contributed by atoms with van der Waals surface area (Å²) >= 11 is 7.29. The molecule has 0 bridgehead atoms. The van der Waals surface area contributed by atoms with Crippen molar-refractivity contribution >= 4 is 40.9 Å². The standard InChI is InChI=1S/C21H18ClN3O2S/c22-17-10-6-12-23-21(17)28-14-19(26)25-18-11-5-4-9-16(18)20(27)24-13-15-7-2-1-3-8-15/h1-12H,13-14H2,(H,24,27)(H,25,26). The van der Waals surface area contributed by atoms with Crippen LogP contribution in [0.4, 0.5) is 5.69 Å². The highest BCUT2D eigenvalue weighted by Gasteiger charge is 2.14. The Balaban J connectivity index is 1.60. The van der Waals surface area contributed by atoms with Crippen molar-refractivity contribution in [3.8, 4) is 0 Å². The lowest BCUT2D eigenvalue weighted by Gasteiger charge is -2.11. The van der Waals surface area contributed by atoms with Crippen LogP contribution in [0.3, 0.4) is 0 Å². The molecule has 3 aromatic rings. The van der Waals surface area contributed by atoms with Crippen LogP contribution in [-0.4, -0.2) is 22.6 Å². The summed E-state index contributed by atoms with van der Waals surface area (Å²) in [6, 6.07) is 20.0. The molecule has 0 saturated carbocycles. The molecule has 0 fully saturated rings. The SMILES string of the molecule is O=C(CSc1ncccc1Cl)Nc1ccccc1C(=O)NCc1ccccc1. The third-order valence-electron chi connectivity index (χ3n) is 3.81. The maximum atomic E-state index is 12.5. The van der Waals surface area contributed by atoms with Gasteiger partial charge in [-0.05, 0) is 29.8 Å². The van der Waals surface area contributed by atoms with E-state index in [0.717, 1.165) is 5.56 Å². The molecular formula is C21H18ClN3O2S. The maximum Gasteiger partial charge on any atom is 0.253 e. The number of hydrogen-bond acceptors (Lipinski definition) is 4. The highest BCUT2D eigenvalue weighted by Crippen LogP contribution is 2.24. The van der Waals surface area contributed by atoms with Crippen molar-refractivity contribution in [3.05, 3.63) is 89.1 Å². The minimum absolute atomic E-state index is 0.136. The highest BCUT2D eigenvalue weighted by molar-refractivity contribution is 8.00. The highest BCUT2D eigenvalue weighted by atomic mass is 35.5. The van der Waals surface area contributed by atoms with E-state index in [2.05, 4.69) is 15.6 Å². The zero-order valence-electron chi connectivity index (χ0n) is 14.9. The van der Waals surface area contributed by atoms with Crippen molar-refractivity contribution in [1.29, 1.82) is 0 Å². The second-order valence-electron chi connectivity index (χ2n) is 5.84. The lowest BCUT2D eigenvalue weighted by atomic mass is 10.1. The van der Waals surface area contributed by atoms with E-state index in [1.54, 1.807) is 42.6 Å². The van der Waals surface area contributed by atoms with Crippen LogP contribution < -0.4 is 10.6 Å². The Bertz CT molecular complexity index is 967. The van der Waals surface area contributed by atoms with Gasteiger partial charge in [0.15, 0.2) is 0 Å². The number of amides is 2. The number of nitrogens with zero attached hydrogens (tertiary/aromatic N) is 1. The van der Waals surface area contributed by atoms with Gasteiger partial charge in [0.2, 0.25) is 5.91 Å². The maximum absolute atomic E-state index is 12.5. The minimum atomic E-state index is -0.250.